The lowest BCUT2D eigenvalue weighted by Gasteiger charge is -2.12. The standard InChI is InChI=1S/C15H16O3/c1-9(2)12-7-13(10(3)6-14(12)17)15-5-4-11(8-16)18-15/h4-9,17H,1-3H3. The first-order chi connectivity index (χ1) is 8.52. The van der Waals surface area contributed by atoms with Crippen LogP contribution in [0.4, 0.5) is 0 Å². The highest BCUT2D eigenvalue weighted by Gasteiger charge is 2.13. The van der Waals surface area contributed by atoms with Crippen LogP contribution in [0.3, 0.4) is 0 Å². The van der Waals surface area contributed by atoms with Crippen molar-refractivity contribution in [3.8, 4) is 17.1 Å². The lowest BCUT2D eigenvalue weighted by atomic mass is 9.95. The number of phenolic OH excluding ortho intramolecular Hbond substituents is 1. The monoisotopic (exact) mass is 244 g/mol. The maximum atomic E-state index is 10.6. The molecule has 0 bridgehead atoms. The second-order valence-electron chi connectivity index (χ2n) is 4.70. The van der Waals surface area contributed by atoms with E-state index in [1.807, 2.05) is 26.8 Å². The summed E-state index contributed by atoms with van der Waals surface area (Å²) in [7, 11) is 0. The van der Waals surface area contributed by atoms with Gasteiger partial charge in [0.15, 0.2) is 12.0 Å². The van der Waals surface area contributed by atoms with Crippen molar-refractivity contribution >= 4 is 6.29 Å². The van der Waals surface area contributed by atoms with Crippen LogP contribution in [0, 0.1) is 6.92 Å². The maximum absolute atomic E-state index is 10.6. The Hall–Kier alpha value is -2.03. The van der Waals surface area contributed by atoms with Crippen molar-refractivity contribution in [1.29, 1.82) is 0 Å². The Balaban J connectivity index is 2.56. The van der Waals surface area contributed by atoms with Crippen molar-refractivity contribution in [1.82, 2.24) is 0 Å². The molecule has 0 aliphatic heterocycles. The molecule has 0 saturated carbocycles. The van der Waals surface area contributed by atoms with Crippen LogP contribution in [0.5, 0.6) is 5.75 Å². The normalized spacial score (nSPS) is 10.9. The predicted molar refractivity (Wildman–Crippen MR) is 70.0 cm³/mol. The SMILES string of the molecule is Cc1cc(O)c(C(C)C)cc1-c1ccc(C=O)o1. The first-order valence-electron chi connectivity index (χ1n) is 5.91. The van der Waals surface area contributed by atoms with E-state index in [9.17, 15) is 9.90 Å². The minimum atomic E-state index is 0.227. The molecule has 0 fully saturated rings. The van der Waals surface area contributed by atoms with E-state index in [1.165, 1.54) is 0 Å². The minimum Gasteiger partial charge on any atom is -0.508 e. The van der Waals surface area contributed by atoms with Crippen LogP contribution >= 0.6 is 0 Å². The largest absolute Gasteiger partial charge is 0.508 e. The molecule has 94 valence electrons. The number of hydrogen-bond donors (Lipinski definition) is 1. The van der Waals surface area contributed by atoms with Gasteiger partial charge in [0, 0.05) is 5.56 Å². The molecule has 1 N–H and O–H groups in total. The van der Waals surface area contributed by atoms with Crippen molar-refractivity contribution in [2.45, 2.75) is 26.7 Å². The van der Waals surface area contributed by atoms with Gasteiger partial charge < -0.3 is 9.52 Å². The highest BCUT2D eigenvalue weighted by molar-refractivity contribution is 5.74. The Morgan fingerprint density at radius 2 is 2.00 bits per heavy atom. The summed E-state index contributed by atoms with van der Waals surface area (Å²) >= 11 is 0. The van der Waals surface area contributed by atoms with E-state index >= 15 is 0 Å². The predicted octanol–water partition coefficient (Wildman–Crippen LogP) is 3.90. The Kier molecular flexibility index (Phi) is 3.24. The van der Waals surface area contributed by atoms with Gasteiger partial charge in [-0.25, -0.2) is 0 Å². The van der Waals surface area contributed by atoms with Gasteiger partial charge in [0.05, 0.1) is 0 Å². The highest BCUT2D eigenvalue weighted by Crippen LogP contribution is 2.34. The second-order valence-corrected chi connectivity index (χ2v) is 4.70. The van der Waals surface area contributed by atoms with Crippen LogP contribution in [0.1, 0.15) is 41.4 Å². The molecule has 0 aliphatic rings. The molecule has 3 nitrogen and oxygen atoms in total. The van der Waals surface area contributed by atoms with Gasteiger partial charge in [-0.1, -0.05) is 13.8 Å². The Morgan fingerprint density at radius 3 is 2.56 bits per heavy atom. The molecule has 0 aliphatic carbocycles. The van der Waals surface area contributed by atoms with Crippen LogP contribution in [0.2, 0.25) is 0 Å². The summed E-state index contributed by atoms with van der Waals surface area (Å²) in [5, 5.41) is 9.90. The van der Waals surface area contributed by atoms with Crippen molar-refractivity contribution < 1.29 is 14.3 Å². The number of phenols is 1. The molecule has 1 heterocycles. The highest BCUT2D eigenvalue weighted by atomic mass is 16.3. The van der Waals surface area contributed by atoms with Crippen molar-refractivity contribution in [3.05, 3.63) is 41.2 Å². The Morgan fingerprint density at radius 1 is 1.28 bits per heavy atom. The van der Waals surface area contributed by atoms with Crippen LogP contribution in [0.15, 0.2) is 28.7 Å². The molecule has 0 amide bonds. The molecule has 1 aromatic heterocycles. The Labute approximate surface area is 106 Å². The van der Waals surface area contributed by atoms with Crippen LogP contribution in [-0.2, 0) is 0 Å². The molecular weight excluding hydrogens is 228 g/mol. The molecule has 0 spiro atoms. The average molecular weight is 244 g/mol. The van der Waals surface area contributed by atoms with E-state index in [0.29, 0.717) is 23.6 Å². The third kappa shape index (κ3) is 2.16. The van der Waals surface area contributed by atoms with Crippen molar-refractivity contribution in [3.63, 3.8) is 0 Å². The minimum absolute atomic E-state index is 0.227. The quantitative estimate of drug-likeness (QED) is 0.833. The van der Waals surface area contributed by atoms with E-state index in [2.05, 4.69) is 0 Å². The van der Waals surface area contributed by atoms with Crippen LogP contribution in [-0.4, -0.2) is 11.4 Å². The second kappa shape index (κ2) is 4.69. The smallest absolute Gasteiger partial charge is 0.185 e. The number of aromatic hydroxyl groups is 1. The fourth-order valence-electron chi connectivity index (χ4n) is 2.00. The van der Waals surface area contributed by atoms with Gasteiger partial charge >= 0.3 is 0 Å². The number of carbonyl (C=O) groups is 1. The molecule has 0 radical (unpaired) electrons. The fraction of sp³-hybridized carbons (Fsp3) is 0.267. The van der Waals surface area contributed by atoms with Crippen LogP contribution in [0.25, 0.3) is 11.3 Å². The maximum Gasteiger partial charge on any atom is 0.185 e. The first kappa shape index (κ1) is 12.4. The Bertz CT molecular complexity index is 579. The number of furan rings is 1. The summed E-state index contributed by atoms with van der Waals surface area (Å²) in [6, 6.07) is 7.06. The summed E-state index contributed by atoms with van der Waals surface area (Å²) in [5.74, 6) is 1.48. The fourth-order valence-corrected chi connectivity index (χ4v) is 2.00. The first-order valence-corrected chi connectivity index (χ1v) is 5.91. The van der Waals surface area contributed by atoms with Gasteiger partial charge in [-0.3, -0.25) is 4.79 Å². The molecule has 18 heavy (non-hydrogen) atoms. The van der Waals surface area contributed by atoms with E-state index < -0.39 is 0 Å². The number of benzene rings is 1. The third-order valence-electron chi connectivity index (χ3n) is 3.00. The molecule has 0 saturated heterocycles. The summed E-state index contributed by atoms with van der Waals surface area (Å²) in [5.41, 5.74) is 2.70. The van der Waals surface area contributed by atoms with Gasteiger partial charge in [-0.15, -0.1) is 0 Å². The molecule has 3 heteroatoms. The molecule has 2 rings (SSSR count). The van der Waals surface area contributed by atoms with Gasteiger partial charge in [-0.2, -0.15) is 0 Å². The zero-order chi connectivity index (χ0) is 13.3. The summed E-state index contributed by atoms with van der Waals surface area (Å²) in [6.07, 6.45) is 0.683. The van der Waals surface area contributed by atoms with Gasteiger partial charge in [0.1, 0.15) is 11.5 Å². The van der Waals surface area contributed by atoms with E-state index in [0.717, 1.165) is 16.7 Å². The van der Waals surface area contributed by atoms with Crippen molar-refractivity contribution in [2.24, 2.45) is 0 Å². The number of aryl methyl sites for hydroxylation is 1. The number of aldehydes is 1. The number of carbonyl (C=O) groups excluding carboxylic acids is 1. The lowest BCUT2D eigenvalue weighted by Crippen LogP contribution is -1.91. The summed E-state index contributed by atoms with van der Waals surface area (Å²) in [4.78, 5) is 10.6. The van der Waals surface area contributed by atoms with Crippen LogP contribution < -0.4 is 0 Å². The average Bonchev–Trinajstić information content (AvgIpc) is 2.77. The lowest BCUT2D eigenvalue weighted by molar-refractivity contribution is 0.110. The molecule has 1 aromatic carbocycles. The van der Waals surface area contributed by atoms with E-state index in [1.54, 1.807) is 18.2 Å². The zero-order valence-electron chi connectivity index (χ0n) is 10.7. The topological polar surface area (TPSA) is 50.4 Å². The number of hydrogen-bond acceptors (Lipinski definition) is 3. The van der Waals surface area contributed by atoms with E-state index in [4.69, 9.17) is 4.42 Å². The van der Waals surface area contributed by atoms with E-state index in [-0.39, 0.29) is 5.92 Å². The number of rotatable bonds is 3. The molecule has 0 unspecified atom stereocenters. The summed E-state index contributed by atoms with van der Waals surface area (Å²) < 4.78 is 5.42. The molecule has 2 aromatic rings. The summed E-state index contributed by atoms with van der Waals surface area (Å²) in [6.45, 7) is 5.95. The molecular formula is C15H16O3. The van der Waals surface area contributed by atoms with Gasteiger partial charge in [0.25, 0.3) is 0 Å². The zero-order valence-corrected chi connectivity index (χ0v) is 10.7. The van der Waals surface area contributed by atoms with Gasteiger partial charge in [-0.05, 0) is 48.2 Å². The molecule has 0 atom stereocenters. The van der Waals surface area contributed by atoms with Crippen molar-refractivity contribution in [2.75, 3.05) is 0 Å². The van der Waals surface area contributed by atoms with Gasteiger partial charge in [0.2, 0.25) is 0 Å². The third-order valence-corrected chi connectivity index (χ3v) is 3.00.